The van der Waals surface area contributed by atoms with E-state index >= 15 is 0 Å². The molecule has 0 atom stereocenters. The Bertz CT molecular complexity index is 812. The summed E-state index contributed by atoms with van der Waals surface area (Å²) in [6.45, 7) is 3.47. The van der Waals surface area contributed by atoms with Crippen molar-refractivity contribution in [2.45, 2.75) is 19.0 Å². The lowest BCUT2D eigenvalue weighted by Crippen LogP contribution is -2.13. The topological polar surface area (TPSA) is 37.5 Å². The molecule has 0 unspecified atom stereocenters. The van der Waals surface area contributed by atoms with E-state index in [1.165, 1.54) is 6.08 Å². The second-order valence-corrected chi connectivity index (χ2v) is 5.13. The van der Waals surface area contributed by atoms with Gasteiger partial charge < -0.3 is 5.11 Å². The Kier molecular flexibility index (Phi) is 3.31. The quantitative estimate of drug-likeness (QED) is 0.828. The van der Waals surface area contributed by atoms with E-state index in [2.05, 4.69) is 11.7 Å². The average Bonchev–Trinajstić information content (AvgIpc) is 2.89. The Balaban J connectivity index is 2.04. The molecular formula is C16H13F3N2O. The van der Waals surface area contributed by atoms with Gasteiger partial charge in [0.15, 0.2) is 0 Å². The van der Waals surface area contributed by atoms with Crippen LogP contribution in [0.1, 0.15) is 24.0 Å². The summed E-state index contributed by atoms with van der Waals surface area (Å²) in [4.78, 5) is 0. The van der Waals surface area contributed by atoms with E-state index in [4.69, 9.17) is 0 Å². The first kappa shape index (κ1) is 14.4. The fourth-order valence-electron chi connectivity index (χ4n) is 2.51. The normalized spacial score (nSPS) is 15.6. The zero-order valence-electron chi connectivity index (χ0n) is 11.6. The molecule has 114 valence electrons. The monoisotopic (exact) mass is 306 g/mol. The van der Waals surface area contributed by atoms with Crippen LogP contribution < -0.4 is 0 Å². The van der Waals surface area contributed by atoms with Gasteiger partial charge in [-0.05, 0) is 30.5 Å². The van der Waals surface area contributed by atoms with Crippen LogP contribution in [-0.4, -0.2) is 20.9 Å². The predicted molar refractivity (Wildman–Crippen MR) is 78.2 cm³/mol. The number of pyridine rings is 1. The van der Waals surface area contributed by atoms with Gasteiger partial charge in [0.05, 0.1) is 11.7 Å². The number of allylic oxidation sites excluding steroid dienone is 4. The predicted octanol–water partition coefficient (Wildman–Crippen LogP) is 4.53. The number of hydrogen-bond donors (Lipinski definition) is 1. The van der Waals surface area contributed by atoms with Gasteiger partial charge in [0, 0.05) is 22.9 Å². The van der Waals surface area contributed by atoms with Gasteiger partial charge in [-0.2, -0.15) is 18.3 Å². The molecule has 0 amide bonds. The van der Waals surface area contributed by atoms with Crippen LogP contribution in [0.2, 0.25) is 0 Å². The highest BCUT2D eigenvalue weighted by molar-refractivity contribution is 5.81. The molecule has 2 aromatic heterocycles. The molecule has 0 aliphatic heterocycles. The van der Waals surface area contributed by atoms with Crippen LogP contribution in [0.15, 0.2) is 48.8 Å². The summed E-state index contributed by atoms with van der Waals surface area (Å²) >= 11 is 0. The first-order chi connectivity index (χ1) is 10.4. The second-order valence-electron chi connectivity index (χ2n) is 5.13. The van der Waals surface area contributed by atoms with Crippen molar-refractivity contribution < 1.29 is 18.3 Å². The minimum Gasteiger partial charge on any atom is -0.508 e. The van der Waals surface area contributed by atoms with Crippen LogP contribution in [0.25, 0.3) is 16.8 Å². The van der Waals surface area contributed by atoms with Crippen LogP contribution in [0.4, 0.5) is 13.2 Å². The third-order valence-electron chi connectivity index (χ3n) is 3.71. The number of aromatic nitrogens is 2. The van der Waals surface area contributed by atoms with Gasteiger partial charge in [0.2, 0.25) is 0 Å². The third kappa shape index (κ3) is 2.52. The molecule has 0 fully saturated rings. The minimum atomic E-state index is -4.27. The van der Waals surface area contributed by atoms with Crippen molar-refractivity contribution in [1.29, 1.82) is 0 Å². The number of fused-ring (bicyclic) bond motifs is 1. The fourth-order valence-corrected chi connectivity index (χ4v) is 2.51. The number of alkyl halides is 3. The smallest absolute Gasteiger partial charge is 0.412 e. The Hall–Kier alpha value is -2.50. The number of rotatable bonds is 2. The molecular weight excluding hydrogens is 293 g/mol. The van der Waals surface area contributed by atoms with E-state index in [0.29, 0.717) is 12.0 Å². The molecule has 2 heterocycles. The average molecular weight is 306 g/mol. The first-order valence-corrected chi connectivity index (χ1v) is 6.69. The van der Waals surface area contributed by atoms with E-state index in [0.717, 1.165) is 22.7 Å². The largest absolute Gasteiger partial charge is 0.508 e. The number of aliphatic hydroxyl groups excluding tert-OH is 1. The number of aliphatic hydroxyl groups is 1. The van der Waals surface area contributed by atoms with Gasteiger partial charge >= 0.3 is 6.18 Å². The van der Waals surface area contributed by atoms with Crippen LogP contribution in [0.3, 0.4) is 0 Å². The molecule has 0 aromatic carbocycles. The lowest BCUT2D eigenvalue weighted by molar-refractivity contribution is -0.0939. The molecule has 1 aliphatic rings. The summed E-state index contributed by atoms with van der Waals surface area (Å²) in [6, 6.07) is 3.39. The third-order valence-corrected chi connectivity index (χ3v) is 3.71. The maximum Gasteiger partial charge on any atom is 0.412 e. The zero-order valence-corrected chi connectivity index (χ0v) is 11.6. The highest BCUT2D eigenvalue weighted by atomic mass is 19.4. The van der Waals surface area contributed by atoms with E-state index < -0.39 is 11.7 Å². The summed E-state index contributed by atoms with van der Waals surface area (Å²) < 4.78 is 39.6. The molecule has 1 aliphatic carbocycles. The molecule has 3 rings (SSSR count). The van der Waals surface area contributed by atoms with Gasteiger partial charge in [0.25, 0.3) is 0 Å². The summed E-state index contributed by atoms with van der Waals surface area (Å²) in [5.74, 6) is -0.0634. The van der Waals surface area contributed by atoms with E-state index in [9.17, 15) is 18.3 Å². The fraction of sp³-hybridized carbons (Fsp3) is 0.188. The number of nitrogens with zero attached hydrogens (tertiary/aromatic N) is 2. The van der Waals surface area contributed by atoms with Crippen LogP contribution in [0, 0.1) is 0 Å². The Morgan fingerprint density at radius 3 is 2.64 bits per heavy atom. The van der Waals surface area contributed by atoms with Crippen LogP contribution >= 0.6 is 0 Å². The van der Waals surface area contributed by atoms with E-state index in [-0.39, 0.29) is 12.2 Å². The van der Waals surface area contributed by atoms with Gasteiger partial charge in [-0.15, -0.1) is 0 Å². The minimum absolute atomic E-state index is 0.0426. The van der Waals surface area contributed by atoms with Crippen molar-refractivity contribution in [3.63, 3.8) is 0 Å². The maximum absolute atomic E-state index is 12.7. The van der Waals surface area contributed by atoms with Crippen molar-refractivity contribution in [3.05, 3.63) is 60.0 Å². The second kappa shape index (κ2) is 5.05. The summed E-state index contributed by atoms with van der Waals surface area (Å²) in [5.41, 5.74) is 2.32. The van der Waals surface area contributed by atoms with Crippen molar-refractivity contribution in [1.82, 2.24) is 9.61 Å². The lowest BCUT2D eigenvalue weighted by atomic mass is 9.93. The molecule has 0 saturated heterocycles. The number of halogens is 3. The van der Waals surface area contributed by atoms with Gasteiger partial charge in [-0.3, -0.25) is 0 Å². The molecule has 2 aromatic rings. The van der Waals surface area contributed by atoms with Crippen molar-refractivity contribution >= 4 is 16.8 Å². The van der Waals surface area contributed by atoms with Crippen molar-refractivity contribution in [2.75, 3.05) is 0 Å². The van der Waals surface area contributed by atoms with Crippen LogP contribution in [-0.2, 0) is 0 Å². The molecule has 0 saturated carbocycles. The summed E-state index contributed by atoms with van der Waals surface area (Å²) in [6.07, 6.45) is 1.90. The molecule has 0 spiro atoms. The highest BCUT2D eigenvalue weighted by Crippen LogP contribution is 2.36. The van der Waals surface area contributed by atoms with Gasteiger partial charge in [-0.25, -0.2) is 4.52 Å². The lowest BCUT2D eigenvalue weighted by Gasteiger charge is -2.16. The zero-order chi connectivity index (χ0) is 15.9. The van der Waals surface area contributed by atoms with E-state index in [1.807, 2.05) is 0 Å². The molecule has 0 radical (unpaired) electrons. The molecule has 6 heteroatoms. The van der Waals surface area contributed by atoms with Gasteiger partial charge in [0.1, 0.15) is 5.76 Å². The Labute approximate surface area is 124 Å². The van der Waals surface area contributed by atoms with Gasteiger partial charge in [-0.1, -0.05) is 18.7 Å². The summed E-state index contributed by atoms with van der Waals surface area (Å²) in [7, 11) is 0. The highest BCUT2D eigenvalue weighted by Gasteiger charge is 2.34. The standard InChI is InChI=1S/C16H13F3N2O/c1-10(22)12-6-7-21-15(8-12)14(9-20-21)11-2-4-13(5-3-11)16(17,18)19/h2,4,6-9,22H,1,3,5H2. The molecule has 0 bridgehead atoms. The SMILES string of the molecule is C=C(O)c1ccn2ncc(C3=CC=C(C(F)(F)F)CC3)c2c1. The van der Waals surface area contributed by atoms with Crippen molar-refractivity contribution in [3.8, 4) is 0 Å². The first-order valence-electron chi connectivity index (χ1n) is 6.69. The Morgan fingerprint density at radius 2 is 2.05 bits per heavy atom. The van der Waals surface area contributed by atoms with E-state index in [1.54, 1.807) is 29.0 Å². The van der Waals surface area contributed by atoms with Crippen molar-refractivity contribution in [2.24, 2.45) is 0 Å². The molecule has 22 heavy (non-hydrogen) atoms. The Morgan fingerprint density at radius 1 is 1.27 bits per heavy atom. The molecule has 1 N–H and O–H groups in total. The van der Waals surface area contributed by atoms with Crippen LogP contribution in [0.5, 0.6) is 0 Å². The maximum atomic E-state index is 12.7. The number of hydrogen-bond acceptors (Lipinski definition) is 2. The summed E-state index contributed by atoms with van der Waals surface area (Å²) in [5, 5.41) is 13.7. The molecule has 3 nitrogen and oxygen atoms in total.